The van der Waals surface area contributed by atoms with Crippen LogP contribution in [0, 0.1) is 0 Å². The van der Waals surface area contributed by atoms with Crippen molar-refractivity contribution >= 4 is 27.7 Å². The number of hydrogen-bond donors (Lipinski definition) is 1. The summed E-state index contributed by atoms with van der Waals surface area (Å²) < 4.78 is 26.0. The van der Waals surface area contributed by atoms with Gasteiger partial charge in [-0.25, -0.2) is 8.42 Å². The number of sulfonamides is 1. The van der Waals surface area contributed by atoms with E-state index >= 15 is 0 Å². The predicted molar refractivity (Wildman–Crippen MR) is 93.6 cm³/mol. The van der Waals surface area contributed by atoms with E-state index in [1.54, 1.807) is 54.6 Å². The molecule has 3 rings (SSSR count). The quantitative estimate of drug-likeness (QED) is 0.771. The summed E-state index contributed by atoms with van der Waals surface area (Å²) in [4.78, 5) is 37.3. The van der Waals surface area contributed by atoms with Crippen LogP contribution in [0.5, 0.6) is 0 Å². The fraction of sp³-hybridized carbons (Fsp3) is 0.167. The van der Waals surface area contributed by atoms with Crippen molar-refractivity contribution in [3.05, 3.63) is 71.3 Å². The van der Waals surface area contributed by atoms with Gasteiger partial charge in [-0.3, -0.25) is 24.0 Å². The third kappa shape index (κ3) is 3.80. The minimum atomic E-state index is -3.85. The fourth-order valence-corrected chi connectivity index (χ4v) is 3.86. The first kappa shape index (κ1) is 17.8. The normalized spacial score (nSPS) is 13.6. The molecule has 26 heavy (non-hydrogen) atoms. The number of imide groups is 1. The molecule has 1 N–H and O–H groups in total. The van der Waals surface area contributed by atoms with Gasteiger partial charge in [0.25, 0.3) is 11.8 Å². The van der Waals surface area contributed by atoms with Crippen LogP contribution in [0.4, 0.5) is 0 Å². The Bertz CT molecular complexity index is 935. The number of nitrogens with one attached hydrogen (secondary N) is 1. The van der Waals surface area contributed by atoms with Crippen LogP contribution < -0.4 is 4.72 Å². The number of nitrogens with zero attached hydrogens (tertiary/aromatic N) is 1. The summed E-state index contributed by atoms with van der Waals surface area (Å²) in [6.07, 6.45) is -0.292. The Morgan fingerprint density at radius 3 is 2.00 bits per heavy atom. The van der Waals surface area contributed by atoms with Crippen LogP contribution in [-0.4, -0.2) is 37.6 Å². The molecule has 0 unspecified atom stereocenters. The van der Waals surface area contributed by atoms with Crippen molar-refractivity contribution in [2.24, 2.45) is 0 Å². The smallest absolute Gasteiger partial charge is 0.261 e. The Balaban J connectivity index is 1.58. The van der Waals surface area contributed by atoms with E-state index in [0.29, 0.717) is 5.56 Å². The van der Waals surface area contributed by atoms with Gasteiger partial charge < -0.3 is 0 Å². The molecular formula is C18H16N2O5S. The van der Waals surface area contributed by atoms with Gasteiger partial charge in [0.15, 0.2) is 0 Å². The molecule has 2 aromatic rings. The van der Waals surface area contributed by atoms with E-state index in [4.69, 9.17) is 0 Å². The first-order valence-electron chi connectivity index (χ1n) is 7.90. The van der Waals surface area contributed by atoms with E-state index in [-0.39, 0.29) is 29.8 Å². The van der Waals surface area contributed by atoms with E-state index in [9.17, 15) is 22.8 Å². The van der Waals surface area contributed by atoms with Crippen molar-refractivity contribution in [1.29, 1.82) is 0 Å². The first-order valence-corrected chi connectivity index (χ1v) is 9.55. The Kier molecular flexibility index (Phi) is 4.85. The van der Waals surface area contributed by atoms with Gasteiger partial charge in [-0.05, 0) is 17.7 Å². The standard InChI is InChI=1S/C18H16N2O5S/c21-16(19-26(24,25)12-13-6-2-1-3-7-13)10-11-20-17(22)14-8-4-5-9-15(14)18(20)23/h1-9H,10-12H2,(H,19,21). The van der Waals surface area contributed by atoms with E-state index in [1.807, 2.05) is 4.72 Å². The zero-order valence-electron chi connectivity index (χ0n) is 13.7. The Hall–Kier alpha value is -3.00. The van der Waals surface area contributed by atoms with Crippen LogP contribution in [0.15, 0.2) is 54.6 Å². The number of rotatable bonds is 6. The summed E-state index contributed by atoms with van der Waals surface area (Å²) in [5.74, 6) is -2.05. The number of fused-ring (bicyclic) bond motifs is 1. The van der Waals surface area contributed by atoms with Gasteiger partial charge in [0.05, 0.1) is 16.9 Å². The third-order valence-electron chi connectivity index (χ3n) is 3.91. The maximum atomic E-state index is 12.2. The summed E-state index contributed by atoms with van der Waals surface area (Å²) in [5, 5.41) is 0. The van der Waals surface area contributed by atoms with E-state index in [1.165, 1.54) is 0 Å². The van der Waals surface area contributed by atoms with Gasteiger partial charge in [-0.1, -0.05) is 42.5 Å². The number of carbonyl (C=O) groups excluding carboxylic acids is 3. The van der Waals surface area contributed by atoms with Crippen molar-refractivity contribution in [3.63, 3.8) is 0 Å². The summed E-state index contributed by atoms with van der Waals surface area (Å²) in [6, 6.07) is 14.8. The third-order valence-corrected chi connectivity index (χ3v) is 5.16. The van der Waals surface area contributed by atoms with Crippen LogP contribution in [0.25, 0.3) is 0 Å². The summed E-state index contributed by atoms with van der Waals surface area (Å²) in [6.45, 7) is -0.182. The van der Waals surface area contributed by atoms with Gasteiger partial charge in [0, 0.05) is 13.0 Å². The second-order valence-corrected chi connectivity index (χ2v) is 7.55. The van der Waals surface area contributed by atoms with Crippen molar-refractivity contribution in [2.45, 2.75) is 12.2 Å². The molecule has 1 aliphatic rings. The van der Waals surface area contributed by atoms with Crippen LogP contribution >= 0.6 is 0 Å². The molecule has 3 amide bonds. The Morgan fingerprint density at radius 1 is 0.885 bits per heavy atom. The van der Waals surface area contributed by atoms with Gasteiger partial charge >= 0.3 is 0 Å². The molecule has 0 fully saturated rings. The zero-order valence-corrected chi connectivity index (χ0v) is 14.5. The van der Waals surface area contributed by atoms with Crippen LogP contribution in [-0.2, 0) is 20.6 Å². The monoisotopic (exact) mass is 372 g/mol. The topological polar surface area (TPSA) is 101 Å². The number of carbonyl (C=O) groups is 3. The highest BCUT2D eigenvalue weighted by Crippen LogP contribution is 2.22. The van der Waals surface area contributed by atoms with Gasteiger partial charge in [0.1, 0.15) is 0 Å². The lowest BCUT2D eigenvalue weighted by Crippen LogP contribution is -2.37. The van der Waals surface area contributed by atoms with Crippen molar-refractivity contribution < 1.29 is 22.8 Å². The fourth-order valence-electron chi connectivity index (χ4n) is 2.71. The minimum Gasteiger partial charge on any atom is -0.274 e. The summed E-state index contributed by atoms with van der Waals surface area (Å²) in [7, 11) is -3.85. The molecule has 8 heteroatoms. The molecule has 0 aromatic heterocycles. The van der Waals surface area contributed by atoms with E-state index in [0.717, 1.165) is 4.90 Å². The first-order chi connectivity index (χ1) is 12.4. The highest BCUT2D eigenvalue weighted by atomic mass is 32.2. The second kappa shape index (κ2) is 7.09. The molecule has 0 atom stereocenters. The lowest BCUT2D eigenvalue weighted by Gasteiger charge is -2.13. The van der Waals surface area contributed by atoms with Crippen molar-refractivity contribution in [1.82, 2.24) is 9.62 Å². The maximum Gasteiger partial charge on any atom is 0.261 e. The Morgan fingerprint density at radius 2 is 1.42 bits per heavy atom. The van der Waals surface area contributed by atoms with Crippen LogP contribution in [0.3, 0.4) is 0 Å². The van der Waals surface area contributed by atoms with Crippen LogP contribution in [0.1, 0.15) is 32.7 Å². The molecule has 2 aromatic carbocycles. The largest absolute Gasteiger partial charge is 0.274 e. The zero-order chi connectivity index (χ0) is 18.7. The van der Waals surface area contributed by atoms with Crippen LogP contribution in [0.2, 0.25) is 0 Å². The van der Waals surface area contributed by atoms with E-state index in [2.05, 4.69) is 0 Å². The average Bonchev–Trinajstić information content (AvgIpc) is 2.84. The number of amides is 3. The highest BCUT2D eigenvalue weighted by molar-refractivity contribution is 7.89. The summed E-state index contributed by atoms with van der Waals surface area (Å²) in [5.41, 5.74) is 1.12. The average molecular weight is 372 g/mol. The minimum absolute atomic E-state index is 0.182. The molecular weight excluding hydrogens is 356 g/mol. The molecule has 7 nitrogen and oxygen atoms in total. The van der Waals surface area contributed by atoms with Gasteiger partial charge in [-0.15, -0.1) is 0 Å². The lowest BCUT2D eigenvalue weighted by atomic mass is 10.1. The number of benzene rings is 2. The Labute approximate surface area is 150 Å². The van der Waals surface area contributed by atoms with Gasteiger partial charge in [0.2, 0.25) is 15.9 Å². The van der Waals surface area contributed by atoms with Crippen molar-refractivity contribution in [3.8, 4) is 0 Å². The molecule has 134 valence electrons. The van der Waals surface area contributed by atoms with Crippen molar-refractivity contribution in [2.75, 3.05) is 6.54 Å². The molecule has 1 heterocycles. The van der Waals surface area contributed by atoms with Gasteiger partial charge in [-0.2, -0.15) is 0 Å². The molecule has 1 aliphatic heterocycles. The molecule has 0 saturated heterocycles. The van der Waals surface area contributed by atoms with E-state index < -0.39 is 27.7 Å². The maximum absolute atomic E-state index is 12.2. The SMILES string of the molecule is O=C(CCN1C(=O)c2ccccc2C1=O)NS(=O)(=O)Cc1ccccc1. The lowest BCUT2D eigenvalue weighted by molar-refractivity contribution is -0.119. The number of hydrogen-bond acceptors (Lipinski definition) is 5. The molecule has 0 radical (unpaired) electrons. The molecule has 0 saturated carbocycles. The predicted octanol–water partition coefficient (Wildman–Crippen LogP) is 1.32. The summed E-state index contributed by atoms with van der Waals surface area (Å²) >= 11 is 0. The highest BCUT2D eigenvalue weighted by Gasteiger charge is 2.35. The molecule has 0 spiro atoms. The molecule has 0 aliphatic carbocycles. The second-order valence-electron chi connectivity index (χ2n) is 5.83. The molecule has 0 bridgehead atoms.